The van der Waals surface area contributed by atoms with E-state index in [0.717, 1.165) is 19.3 Å². The zero-order valence-corrected chi connectivity index (χ0v) is 11.5. The van der Waals surface area contributed by atoms with Crippen molar-refractivity contribution in [2.75, 3.05) is 19.0 Å². The maximum absolute atomic E-state index is 12.3. The smallest absolute Gasteiger partial charge is 0.325 e. The first-order valence-electron chi connectivity index (χ1n) is 6.61. The quantitative estimate of drug-likeness (QED) is 0.781. The molecule has 0 atom stereocenters. The van der Waals surface area contributed by atoms with Gasteiger partial charge in [-0.25, -0.2) is 0 Å². The highest BCUT2D eigenvalue weighted by Crippen LogP contribution is 2.44. The zero-order valence-electron chi connectivity index (χ0n) is 11.5. The number of nitrogens with one attached hydrogen (secondary N) is 1. The zero-order chi connectivity index (χ0) is 14.6. The van der Waals surface area contributed by atoms with Crippen LogP contribution in [0.1, 0.15) is 25.7 Å². The van der Waals surface area contributed by atoms with Gasteiger partial charge in [-0.3, -0.25) is 14.3 Å². The van der Waals surface area contributed by atoms with Crippen LogP contribution < -0.4 is 5.32 Å². The molecule has 0 unspecified atom stereocenters. The number of carboxylic acid groups (broad SMARTS) is 1. The molecule has 0 saturated heterocycles. The highest BCUT2D eigenvalue weighted by atomic mass is 16.5. The van der Waals surface area contributed by atoms with E-state index in [9.17, 15) is 9.59 Å². The van der Waals surface area contributed by atoms with E-state index in [1.807, 2.05) is 0 Å². The van der Waals surface area contributed by atoms with Crippen LogP contribution in [0.4, 0.5) is 5.82 Å². The van der Waals surface area contributed by atoms with Crippen molar-refractivity contribution >= 4 is 17.7 Å². The van der Waals surface area contributed by atoms with Crippen LogP contribution in [0.25, 0.3) is 0 Å². The summed E-state index contributed by atoms with van der Waals surface area (Å²) in [4.78, 5) is 22.9. The summed E-state index contributed by atoms with van der Waals surface area (Å²) in [5.74, 6) is -0.636. The first-order chi connectivity index (χ1) is 9.55. The first kappa shape index (κ1) is 14.5. The highest BCUT2D eigenvalue weighted by molar-refractivity contribution is 5.95. The minimum absolute atomic E-state index is 0.0543. The predicted molar refractivity (Wildman–Crippen MR) is 71.3 cm³/mol. The van der Waals surface area contributed by atoms with E-state index in [4.69, 9.17) is 9.84 Å². The molecule has 1 saturated carbocycles. The first-order valence-corrected chi connectivity index (χ1v) is 6.61. The van der Waals surface area contributed by atoms with Crippen LogP contribution >= 0.6 is 0 Å². The Labute approximate surface area is 116 Å². The molecule has 0 aliphatic heterocycles. The van der Waals surface area contributed by atoms with Crippen molar-refractivity contribution in [3.8, 4) is 0 Å². The van der Waals surface area contributed by atoms with Gasteiger partial charge in [-0.2, -0.15) is 5.10 Å². The Bertz CT molecular complexity index is 494. The van der Waals surface area contributed by atoms with Gasteiger partial charge in [0.05, 0.1) is 5.41 Å². The van der Waals surface area contributed by atoms with Crippen LogP contribution in [-0.2, 0) is 20.9 Å². The Morgan fingerprint density at radius 1 is 1.55 bits per heavy atom. The Balaban J connectivity index is 1.96. The summed E-state index contributed by atoms with van der Waals surface area (Å²) < 4.78 is 6.33. The Morgan fingerprint density at radius 2 is 2.30 bits per heavy atom. The number of hydrogen-bond acceptors (Lipinski definition) is 4. The molecule has 1 fully saturated rings. The van der Waals surface area contributed by atoms with Crippen molar-refractivity contribution in [3.63, 3.8) is 0 Å². The van der Waals surface area contributed by atoms with Crippen molar-refractivity contribution < 1.29 is 19.4 Å². The van der Waals surface area contributed by atoms with Crippen LogP contribution in [0.15, 0.2) is 12.3 Å². The van der Waals surface area contributed by atoms with Crippen molar-refractivity contribution in [1.82, 2.24) is 9.78 Å². The molecular formula is C13H19N3O4. The lowest BCUT2D eigenvalue weighted by Crippen LogP contribution is -2.42. The fraction of sp³-hybridized carbons (Fsp3) is 0.615. The highest BCUT2D eigenvalue weighted by Gasteiger charge is 2.43. The van der Waals surface area contributed by atoms with E-state index < -0.39 is 5.97 Å². The van der Waals surface area contributed by atoms with Gasteiger partial charge in [0.25, 0.3) is 0 Å². The minimum Gasteiger partial charge on any atom is -0.480 e. The van der Waals surface area contributed by atoms with Gasteiger partial charge < -0.3 is 15.2 Å². The number of hydrogen-bond donors (Lipinski definition) is 2. The van der Waals surface area contributed by atoms with E-state index in [1.54, 1.807) is 13.2 Å². The van der Waals surface area contributed by atoms with Crippen molar-refractivity contribution in [1.29, 1.82) is 0 Å². The molecule has 1 amide bonds. The summed E-state index contributed by atoms with van der Waals surface area (Å²) in [6.45, 7) is 0.339. The van der Waals surface area contributed by atoms with Gasteiger partial charge in [-0.1, -0.05) is 6.42 Å². The normalized spacial score (nSPS) is 16.4. The Kier molecular flexibility index (Phi) is 4.39. The summed E-state index contributed by atoms with van der Waals surface area (Å²) in [7, 11) is 1.62. The second-order valence-corrected chi connectivity index (χ2v) is 5.12. The summed E-state index contributed by atoms with van der Waals surface area (Å²) >= 11 is 0. The molecule has 0 aromatic carbocycles. The fourth-order valence-corrected chi connectivity index (χ4v) is 2.40. The standard InChI is InChI=1S/C13H19N3O4/c1-20-8-6-13(4-2-5-13)12(19)14-10-3-7-16(15-10)9-11(17)18/h3,7H,2,4-6,8-9H2,1H3,(H,17,18)(H,14,15,19). The average Bonchev–Trinajstić information content (AvgIpc) is 2.74. The van der Waals surface area contributed by atoms with Gasteiger partial charge in [0.15, 0.2) is 5.82 Å². The van der Waals surface area contributed by atoms with Crippen molar-refractivity contribution in [2.24, 2.45) is 5.41 Å². The second kappa shape index (κ2) is 6.04. The number of carbonyl (C=O) groups excluding carboxylic acids is 1. The summed E-state index contributed by atoms with van der Waals surface area (Å²) in [6.07, 6.45) is 5.00. The molecule has 110 valence electrons. The van der Waals surface area contributed by atoms with Gasteiger partial charge >= 0.3 is 5.97 Å². The number of carboxylic acids is 1. The lowest BCUT2D eigenvalue weighted by atomic mass is 9.66. The molecule has 2 N–H and O–H groups in total. The van der Waals surface area contributed by atoms with E-state index in [1.165, 1.54) is 10.9 Å². The van der Waals surface area contributed by atoms with Gasteiger partial charge in [0, 0.05) is 26.0 Å². The number of aromatic nitrogens is 2. The summed E-state index contributed by atoms with van der Waals surface area (Å²) in [5.41, 5.74) is -0.355. The van der Waals surface area contributed by atoms with Gasteiger partial charge in [-0.05, 0) is 19.3 Å². The van der Waals surface area contributed by atoms with Crippen LogP contribution in [0.2, 0.25) is 0 Å². The van der Waals surface area contributed by atoms with Gasteiger partial charge in [0.2, 0.25) is 5.91 Å². The van der Waals surface area contributed by atoms with E-state index in [-0.39, 0.29) is 17.9 Å². The number of rotatable bonds is 7. The van der Waals surface area contributed by atoms with E-state index >= 15 is 0 Å². The maximum Gasteiger partial charge on any atom is 0.325 e. The molecule has 0 radical (unpaired) electrons. The van der Waals surface area contributed by atoms with Crippen molar-refractivity contribution in [3.05, 3.63) is 12.3 Å². The summed E-state index contributed by atoms with van der Waals surface area (Å²) in [6, 6.07) is 1.60. The number of aliphatic carboxylic acids is 1. The van der Waals surface area contributed by atoms with Crippen molar-refractivity contribution in [2.45, 2.75) is 32.2 Å². The number of methoxy groups -OCH3 is 1. The molecule has 1 aliphatic rings. The van der Waals surface area contributed by atoms with Gasteiger partial charge in [-0.15, -0.1) is 0 Å². The number of ether oxygens (including phenoxy) is 1. The number of amides is 1. The predicted octanol–water partition coefficient (Wildman–Crippen LogP) is 1.11. The van der Waals surface area contributed by atoms with Gasteiger partial charge in [0.1, 0.15) is 6.54 Å². The van der Waals surface area contributed by atoms with Crippen LogP contribution in [0, 0.1) is 5.41 Å². The van der Waals surface area contributed by atoms with E-state index in [0.29, 0.717) is 18.8 Å². The topological polar surface area (TPSA) is 93.5 Å². The second-order valence-electron chi connectivity index (χ2n) is 5.12. The molecular weight excluding hydrogens is 262 g/mol. The molecule has 20 heavy (non-hydrogen) atoms. The fourth-order valence-electron chi connectivity index (χ4n) is 2.40. The third-order valence-electron chi connectivity index (χ3n) is 3.76. The van der Waals surface area contributed by atoms with E-state index in [2.05, 4.69) is 10.4 Å². The third-order valence-corrected chi connectivity index (χ3v) is 3.76. The number of carbonyl (C=O) groups is 2. The molecule has 1 heterocycles. The molecule has 1 aliphatic carbocycles. The molecule has 7 nitrogen and oxygen atoms in total. The summed E-state index contributed by atoms with van der Waals surface area (Å²) in [5, 5.41) is 15.5. The van der Waals surface area contributed by atoms with Crippen LogP contribution in [0.3, 0.4) is 0 Å². The third kappa shape index (κ3) is 3.16. The molecule has 7 heteroatoms. The molecule has 2 rings (SSSR count). The maximum atomic E-state index is 12.3. The molecule has 1 aromatic heterocycles. The van der Waals surface area contributed by atoms with Crippen LogP contribution in [0.5, 0.6) is 0 Å². The SMILES string of the molecule is COCCC1(C(=O)Nc2ccn(CC(=O)O)n2)CCC1. The monoisotopic (exact) mass is 281 g/mol. The lowest BCUT2D eigenvalue weighted by Gasteiger charge is -2.39. The average molecular weight is 281 g/mol. The Morgan fingerprint density at radius 3 is 2.85 bits per heavy atom. The van der Waals surface area contributed by atoms with Crippen LogP contribution in [-0.4, -0.2) is 40.5 Å². The molecule has 1 aromatic rings. The lowest BCUT2D eigenvalue weighted by molar-refractivity contribution is -0.137. The Hall–Kier alpha value is -1.89. The number of anilines is 1. The molecule has 0 bridgehead atoms. The minimum atomic E-state index is -0.971. The number of nitrogens with zero attached hydrogens (tertiary/aromatic N) is 2. The molecule has 0 spiro atoms. The largest absolute Gasteiger partial charge is 0.480 e.